The molecule has 2 N–H and O–H groups in total. The van der Waals surface area contributed by atoms with Crippen molar-refractivity contribution in [3.63, 3.8) is 0 Å². The van der Waals surface area contributed by atoms with Gasteiger partial charge in [0.25, 0.3) is 0 Å². The second-order valence-electron chi connectivity index (χ2n) is 5.96. The first kappa shape index (κ1) is 15.7. The lowest BCUT2D eigenvalue weighted by molar-refractivity contribution is 0.0651. The molecule has 3 aromatic rings. The van der Waals surface area contributed by atoms with Crippen molar-refractivity contribution in [3.05, 3.63) is 81.9 Å². The van der Waals surface area contributed by atoms with E-state index in [1.807, 2.05) is 0 Å². The van der Waals surface area contributed by atoms with Crippen LogP contribution < -0.4 is 0 Å². The Morgan fingerprint density at radius 3 is 1.31 bits per heavy atom. The van der Waals surface area contributed by atoms with E-state index in [1.165, 1.54) is 0 Å². The number of carbonyl (C=O) groups is 4. The van der Waals surface area contributed by atoms with E-state index in [4.69, 9.17) is 0 Å². The van der Waals surface area contributed by atoms with Crippen LogP contribution in [0.3, 0.4) is 0 Å². The molecule has 0 amide bonds. The third kappa shape index (κ3) is 2.12. The molecular formula is C20H10O6. The predicted molar refractivity (Wildman–Crippen MR) is 91.2 cm³/mol. The molecule has 0 spiro atoms. The summed E-state index contributed by atoms with van der Waals surface area (Å²) >= 11 is 0. The number of hydrogen-bond donors (Lipinski definition) is 2. The number of carboxylic acids is 2. The lowest BCUT2D eigenvalue weighted by Gasteiger charge is -2.19. The van der Waals surface area contributed by atoms with Crippen LogP contribution in [0.2, 0.25) is 0 Å². The Hall–Kier alpha value is -3.80. The second-order valence-corrected chi connectivity index (χ2v) is 5.96. The van der Waals surface area contributed by atoms with Gasteiger partial charge < -0.3 is 10.2 Å². The van der Waals surface area contributed by atoms with Crippen molar-refractivity contribution in [1.82, 2.24) is 0 Å². The molecule has 126 valence electrons. The highest BCUT2D eigenvalue weighted by molar-refractivity contribution is 6.30. The molecule has 26 heavy (non-hydrogen) atoms. The number of hydrogen-bond acceptors (Lipinski definition) is 4. The summed E-state index contributed by atoms with van der Waals surface area (Å²) in [6.45, 7) is 0. The Morgan fingerprint density at radius 1 is 0.615 bits per heavy atom. The zero-order valence-electron chi connectivity index (χ0n) is 13.1. The third-order valence-electron chi connectivity index (χ3n) is 4.48. The van der Waals surface area contributed by atoms with E-state index in [-0.39, 0.29) is 22.3 Å². The highest BCUT2D eigenvalue weighted by Crippen LogP contribution is 2.32. The zero-order valence-corrected chi connectivity index (χ0v) is 13.1. The predicted octanol–water partition coefficient (Wildman–Crippen LogP) is 3.01. The molecule has 0 saturated heterocycles. The molecule has 0 heterocycles. The van der Waals surface area contributed by atoms with E-state index in [2.05, 4.69) is 0 Å². The van der Waals surface area contributed by atoms with Crippen molar-refractivity contribution in [3.8, 4) is 0 Å². The number of ketones is 2. The van der Waals surface area contributed by atoms with Gasteiger partial charge in [0.1, 0.15) is 0 Å². The number of carboxylic acid groups (broad SMARTS) is 2. The van der Waals surface area contributed by atoms with Crippen molar-refractivity contribution < 1.29 is 29.4 Å². The molecule has 0 bridgehead atoms. The molecule has 0 aromatic heterocycles. The quantitative estimate of drug-likeness (QED) is 0.577. The maximum absolute atomic E-state index is 12.9. The summed E-state index contributed by atoms with van der Waals surface area (Å²) in [6.07, 6.45) is 0. The lowest BCUT2D eigenvalue weighted by atomic mass is 9.81. The SMILES string of the molecule is O=C(O)c1cc2c(cc1C(=O)O)C(=O)c1cc3ccccc3cc1C2=O. The highest BCUT2D eigenvalue weighted by atomic mass is 16.4. The van der Waals surface area contributed by atoms with Gasteiger partial charge in [-0.05, 0) is 35.0 Å². The Balaban J connectivity index is 2.03. The maximum atomic E-state index is 12.9. The molecule has 0 saturated carbocycles. The third-order valence-corrected chi connectivity index (χ3v) is 4.48. The molecule has 3 aromatic carbocycles. The normalized spacial score (nSPS) is 12.6. The van der Waals surface area contributed by atoms with E-state index in [9.17, 15) is 29.4 Å². The first-order chi connectivity index (χ1) is 12.4. The minimum Gasteiger partial charge on any atom is -0.478 e. The molecular weight excluding hydrogens is 336 g/mol. The number of benzene rings is 3. The van der Waals surface area contributed by atoms with Gasteiger partial charge in [0.2, 0.25) is 0 Å². The van der Waals surface area contributed by atoms with Gasteiger partial charge >= 0.3 is 11.9 Å². The summed E-state index contributed by atoms with van der Waals surface area (Å²) < 4.78 is 0. The summed E-state index contributed by atoms with van der Waals surface area (Å²) in [6, 6.07) is 12.4. The highest BCUT2D eigenvalue weighted by Gasteiger charge is 2.33. The van der Waals surface area contributed by atoms with E-state index < -0.39 is 34.6 Å². The van der Waals surface area contributed by atoms with Crippen molar-refractivity contribution in [2.24, 2.45) is 0 Å². The molecule has 4 rings (SSSR count). The van der Waals surface area contributed by atoms with Gasteiger partial charge in [0.15, 0.2) is 11.6 Å². The van der Waals surface area contributed by atoms with E-state index in [0.29, 0.717) is 0 Å². The van der Waals surface area contributed by atoms with Crippen molar-refractivity contribution in [1.29, 1.82) is 0 Å². The second kappa shape index (κ2) is 5.35. The van der Waals surface area contributed by atoms with E-state index >= 15 is 0 Å². The fraction of sp³-hybridized carbons (Fsp3) is 0. The Kier molecular flexibility index (Phi) is 3.23. The molecule has 0 unspecified atom stereocenters. The Labute approximate surface area is 146 Å². The van der Waals surface area contributed by atoms with Crippen LogP contribution in [0.15, 0.2) is 48.5 Å². The summed E-state index contributed by atoms with van der Waals surface area (Å²) in [7, 11) is 0. The first-order valence-electron chi connectivity index (χ1n) is 7.65. The number of aromatic carboxylic acids is 2. The molecule has 0 aliphatic heterocycles. The molecule has 1 aliphatic rings. The smallest absolute Gasteiger partial charge is 0.336 e. The molecule has 0 radical (unpaired) electrons. The Bertz CT molecular complexity index is 1080. The summed E-state index contributed by atoms with van der Waals surface area (Å²) in [4.78, 5) is 48.4. The van der Waals surface area contributed by atoms with Gasteiger partial charge in [-0.3, -0.25) is 9.59 Å². The number of rotatable bonds is 2. The standard InChI is InChI=1S/C20H10O6/c21-17-11-5-9-3-1-2-4-10(9)6-12(11)18(22)14-8-16(20(25)26)15(19(23)24)7-13(14)17/h1-8H,(H,23,24)(H,25,26). The summed E-state index contributed by atoms with van der Waals surface area (Å²) in [5, 5.41) is 20.0. The fourth-order valence-corrected chi connectivity index (χ4v) is 3.24. The minimum absolute atomic E-state index is 0.0971. The average molecular weight is 346 g/mol. The van der Waals surface area contributed by atoms with Crippen molar-refractivity contribution >= 4 is 34.3 Å². The van der Waals surface area contributed by atoms with Crippen LogP contribution in [-0.2, 0) is 0 Å². The van der Waals surface area contributed by atoms with Gasteiger partial charge in [-0.1, -0.05) is 24.3 Å². The maximum Gasteiger partial charge on any atom is 0.336 e. The van der Waals surface area contributed by atoms with Gasteiger partial charge in [-0.25, -0.2) is 9.59 Å². The van der Waals surface area contributed by atoms with Crippen LogP contribution in [0, 0.1) is 0 Å². The van der Waals surface area contributed by atoms with Crippen LogP contribution in [0.1, 0.15) is 52.6 Å². The monoisotopic (exact) mass is 346 g/mol. The summed E-state index contributed by atoms with van der Waals surface area (Å²) in [5.41, 5.74) is -0.884. The molecule has 0 atom stereocenters. The molecule has 0 fully saturated rings. The van der Waals surface area contributed by atoms with Crippen molar-refractivity contribution in [2.75, 3.05) is 0 Å². The van der Waals surface area contributed by atoms with Crippen LogP contribution in [0.5, 0.6) is 0 Å². The van der Waals surface area contributed by atoms with Crippen LogP contribution in [0.25, 0.3) is 10.8 Å². The van der Waals surface area contributed by atoms with Gasteiger partial charge in [0, 0.05) is 22.3 Å². The fourth-order valence-electron chi connectivity index (χ4n) is 3.24. The van der Waals surface area contributed by atoms with Crippen molar-refractivity contribution in [2.45, 2.75) is 0 Å². The summed E-state index contributed by atoms with van der Waals surface area (Å²) in [5.74, 6) is -3.95. The van der Waals surface area contributed by atoms with Crippen LogP contribution in [0.4, 0.5) is 0 Å². The largest absolute Gasteiger partial charge is 0.478 e. The van der Waals surface area contributed by atoms with Crippen LogP contribution >= 0.6 is 0 Å². The average Bonchev–Trinajstić information content (AvgIpc) is 2.63. The topological polar surface area (TPSA) is 109 Å². The number of carbonyl (C=O) groups excluding carboxylic acids is 2. The van der Waals surface area contributed by atoms with Gasteiger partial charge in [-0.2, -0.15) is 0 Å². The van der Waals surface area contributed by atoms with Crippen LogP contribution in [-0.4, -0.2) is 33.7 Å². The zero-order chi connectivity index (χ0) is 18.6. The molecule has 6 nitrogen and oxygen atoms in total. The Morgan fingerprint density at radius 2 is 0.962 bits per heavy atom. The number of fused-ring (bicyclic) bond motifs is 3. The molecule has 6 heteroatoms. The van der Waals surface area contributed by atoms with E-state index in [1.54, 1.807) is 36.4 Å². The lowest BCUT2D eigenvalue weighted by Crippen LogP contribution is -2.23. The van der Waals surface area contributed by atoms with Gasteiger partial charge in [0.05, 0.1) is 11.1 Å². The van der Waals surface area contributed by atoms with Gasteiger partial charge in [-0.15, -0.1) is 0 Å². The minimum atomic E-state index is -1.48. The van der Waals surface area contributed by atoms with E-state index in [0.717, 1.165) is 22.9 Å². The first-order valence-corrected chi connectivity index (χ1v) is 7.65. The molecule has 1 aliphatic carbocycles.